The first-order valence-corrected chi connectivity index (χ1v) is 6.23. The number of fused-ring (bicyclic) bond motifs is 1. The quantitative estimate of drug-likeness (QED) is 0.798. The van der Waals surface area contributed by atoms with Gasteiger partial charge in [-0.05, 0) is 37.1 Å². The van der Waals surface area contributed by atoms with Gasteiger partial charge in [0.2, 0.25) is 5.89 Å². The molecule has 2 aromatic rings. The maximum absolute atomic E-state index is 9.12. The van der Waals surface area contributed by atoms with Crippen molar-refractivity contribution in [2.24, 2.45) is 5.92 Å². The Balaban J connectivity index is 1.75. The van der Waals surface area contributed by atoms with Crippen molar-refractivity contribution in [2.45, 2.75) is 13.0 Å². The first kappa shape index (κ1) is 11.5. The molecule has 1 unspecified atom stereocenters. The molecule has 1 saturated heterocycles. The third-order valence-electron chi connectivity index (χ3n) is 3.44. The second-order valence-electron chi connectivity index (χ2n) is 4.91. The molecule has 1 aliphatic rings. The molecule has 0 spiro atoms. The highest BCUT2D eigenvalue weighted by Crippen LogP contribution is 2.22. The molecule has 0 radical (unpaired) electrons. The average molecular weight is 247 g/mol. The van der Waals surface area contributed by atoms with Crippen LogP contribution in [0.25, 0.3) is 11.1 Å². The summed E-state index contributed by atoms with van der Waals surface area (Å²) >= 11 is 0. The predicted molar refractivity (Wildman–Crippen MR) is 68.9 cm³/mol. The number of aliphatic hydroxyl groups excluding tert-OH is 1. The number of aromatic nitrogens is 1. The Labute approximate surface area is 105 Å². The molecular weight excluding hydrogens is 230 g/mol. The Morgan fingerprint density at radius 2 is 2.39 bits per heavy atom. The van der Waals surface area contributed by atoms with Crippen LogP contribution in [0, 0.1) is 5.92 Å². The van der Waals surface area contributed by atoms with Crippen LogP contribution in [0.3, 0.4) is 0 Å². The molecule has 0 amide bonds. The van der Waals surface area contributed by atoms with Gasteiger partial charge in [0, 0.05) is 18.8 Å². The number of aliphatic hydroxyl groups is 1. The summed E-state index contributed by atoms with van der Waals surface area (Å²) < 4.78 is 5.68. The molecule has 3 rings (SSSR count). The van der Waals surface area contributed by atoms with Crippen LogP contribution in [0.5, 0.6) is 0 Å². The fraction of sp³-hybridized carbons (Fsp3) is 0.462. The molecule has 1 aromatic heterocycles. The number of hydrogen-bond acceptors (Lipinski definition) is 5. The number of anilines is 1. The van der Waals surface area contributed by atoms with E-state index in [9.17, 15) is 0 Å². The van der Waals surface area contributed by atoms with Crippen LogP contribution in [0.1, 0.15) is 12.3 Å². The van der Waals surface area contributed by atoms with Crippen molar-refractivity contribution >= 4 is 16.8 Å². The van der Waals surface area contributed by atoms with Crippen LogP contribution in [0.4, 0.5) is 5.69 Å². The summed E-state index contributed by atoms with van der Waals surface area (Å²) in [6, 6.07) is 5.49. The van der Waals surface area contributed by atoms with Crippen LogP contribution in [0.15, 0.2) is 22.6 Å². The number of oxazole rings is 1. The van der Waals surface area contributed by atoms with E-state index in [1.807, 2.05) is 18.2 Å². The van der Waals surface area contributed by atoms with Gasteiger partial charge in [-0.25, -0.2) is 4.98 Å². The van der Waals surface area contributed by atoms with E-state index in [4.69, 9.17) is 15.3 Å². The van der Waals surface area contributed by atoms with Gasteiger partial charge in [0.25, 0.3) is 0 Å². The average Bonchev–Trinajstić information content (AvgIpc) is 2.95. The number of nitrogens with zero attached hydrogens (tertiary/aromatic N) is 2. The van der Waals surface area contributed by atoms with Gasteiger partial charge in [-0.3, -0.25) is 4.90 Å². The fourth-order valence-corrected chi connectivity index (χ4v) is 2.46. The lowest BCUT2D eigenvalue weighted by atomic mass is 10.1. The first-order chi connectivity index (χ1) is 8.74. The Morgan fingerprint density at radius 1 is 1.50 bits per heavy atom. The number of nitrogen functional groups attached to an aromatic ring is 1. The molecule has 3 N–H and O–H groups in total. The molecule has 96 valence electrons. The molecule has 1 aliphatic heterocycles. The molecule has 18 heavy (non-hydrogen) atoms. The smallest absolute Gasteiger partial charge is 0.209 e. The number of benzene rings is 1. The van der Waals surface area contributed by atoms with Crippen molar-refractivity contribution in [1.82, 2.24) is 9.88 Å². The van der Waals surface area contributed by atoms with Gasteiger partial charge < -0.3 is 15.3 Å². The van der Waals surface area contributed by atoms with Gasteiger partial charge in [-0.15, -0.1) is 0 Å². The third kappa shape index (κ3) is 2.19. The zero-order chi connectivity index (χ0) is 12.5. The van der Waals surface area contributed by atoms with E-state index < -0.39 is 0 Å². The second-order valence-corrected chi connectivity index (χ2v) is 4.91. The van der Waals surface area contributed by atoms with E-state index in [2.05, 4.69) is 9.88 Å². The summed E-state index contributed by atoms with van der Waals surface area (Å²) in [5.41, 5.74) is 7.99. The largest absolute Gasteiger partial charge is 0.439 e. The van der Waals surface area contributed by atoms with Gasteiger partial charge in [0.05, 0.1) is 6.54 Å². The highest BCUT2D eigenvalue weighted by atomic mass is 16.3. The molecule has 1 fully saturated rings. The minimum absolute atomic E-state index is 0.264. The lowest BCUT2D eigenvalue weighted by molar-refractivity contribution is 0.215. The Hall–Kier alpha value is -1.59. The lowest BCUT2D eigenvalue weighted by Gasteiger charge is -2.12. The summed E-state index contributed by atoms with van der Waals surface area (Å²) in [4.78, 5) is 6.70. The highest BCUT2D eigenvalue weighted by Gasteiger charge is 2.23. The fourth-order valence-electron chi connectivity index (χ4n) is 2.46. The molecule has 5 nitrogen and oxygen atoms in total. The normalized spacial score (nSPS) is 20.8. The van der Waals surface area contributed by atoms with Crippen LogP contribution in [-0.2, 0) is 6.54 Å². The summed E-state index contributed by atoms with van der Waals surface area (Å²) in [6.45, 7) is 2.87. The number of nitrogens with two attached hydrogens (primary N) is 1. The van der Waals surface area contributed by atoms with Crippen LogP contribution in [0.2, 0.25) is 0 Å². The van der Waals surface area contributed by atoms with Crippen molar-refractivity contribution in [2.75, 3.05) is 25.4 Å². The zero-order valence-electron chi connectivity index (χ0n) is 10.2. The first-order valence-electron chi connectivity index (χ1n) is 6.23. The molecule has 0 bridgehead atoms. The van der Waals surface area contributed by atoms with Crippen LogP contribution in [-0.4, -0.2) is 34.7 Å². The van der Waals surface area contributed by atoms with Crippen molar-refractivity contribution in [1.29, 1.82) is 0 Å². The van der Waals surface area contributed by atoms with E-state index in [0.29, 0.717) is 24.0 Å². The molecule has 0 aliphatic carbocycles. The predicted octanol–water partition coefficient (Wildman–Crippen LogP) is 1.22. The minimum atomic E-state index is 0.264. The number of hydrogen-bond donors (Lipinski definition) is 2. The van der Waals surface area contributed by atoms with E-state index in [0.717, 1.165) is 30.6 Å². The van der Waals surface area contributed by atoms with Crippen molar-refractivity contribution in [3.8, 4) is 0 Å². The van der Waals surface area contributed by atoms with Crippen molar-refractivity contribution < 1.29 is 9.52 Å². The van der Waals surface area contributed by atoms with E-state index >= 15 is 0 Å². The minimum Gasteiger partial charge on any atom is -0.439 e. The third-order valence-corrected chi connectivity index (χ3v) is 3.44. The Kier molecular flexibility index (Phi) is 2.93. The van der Waals surface area contributed by atoms with Gasteiger partial charge >= 0.3 is 0 Å². The van der Waals surface area contributed by atoms with E-state index in [-0.39, 0.29) is 6.61 Å². The number of likely N-dealkylation sites (tertiary alicyclic amines) is 1. The molecule has 1 atom stereocenters. The van der Waals surface area contributed by atoms with Crippen molar-refractivity contribution in [3.63, 3.8) is 0 Å². The molecule has 2 heterocycles. The summed E-state index contributed by atoms with van der Waals surface area (Å²) in [5.74, 6) is 1.11. The van der Waals surface area contributed by atoms with E-state index in [1.54, 1.807) is 0 Å². The van der Waals surface area contributed by atoms with Gasteiger partial charge in [0.1, 0.15) is 5.52 Å². The zero-order valence-corrected chi connectivity index (χ0v) is 10.2. The summed E-state index contributed by atoms with van der Waals surface area (Å²) in [6.07, 6.45) is 1.05. The standard InChI is InChI=1S/C13H17N3O2/c14-10-1-2-12-11(5-10)15-13(18-12)7-16-4-3-9(6-16)8-17/h1-2,5,9,17H,3-4,6-8,14H2. The van der Waals surface area contributed by atoms with Gasteiger partial charge in [0.15, 0.2) is 5.58 Å². The molecule has 1 aromatic carbocycles. The molecule has 0 saturated carbocycles. The van der Waals surface area contributed by atoms with Gasteiger partial charge in [-0.1, -0.05) is 0 Å². The monoisotopic (exact) mass is 247 g/mol. The van der Waals surface area contributed by atoms with Gasteiger partial charge in [-0.2, -0.15) is 0 Å². The van der Waals surface area contributed by atoms with Crippen LogP contribution >= 0.6 is 0 Å². The Morgan fingerprint density at radius 3 is 3.17 bits per heavy atom. The maximum Gasteiger partial charge on any atom is 0.209 e. The topological polar surface area (TPSA) is 75.5 Å². The summed E-state index contributed by atoms with van der Waals surface area (Å²) in [5, 5.41) is 9.12. The Bertz CT molecular complexity index is 552. The van der Waals surface area contributed by atoms with Crippen molar-refractivity contribution in [3.05, 3.63) is 24.1 Å². The molecular formula is C13H17N3O2. The van der Waals surface area contributed by atoms with E-state index in [1.165, 1.54) is 0 Å². The second kappa shape index (κ2) is 4.59. The lowest BCUT2D eigenvalue weighted by Crippen LogP contribution is -2.21. The maximum atomic E-state index is 9.12. The number of rotatable bonds is 3. The SMILES string of the molecule is Nc1ccc2oc(CN3CCC(CO)C3)nc2c1. The van der Waals surface area contributed by atoms with Crippen LogP contribution < -0.4 is 5.73 Å². The summed E-state index contributed by atoms with van der Waals surface area (Å²) in [7, 11) is 0. The molecule has 5 heteroatoms. The highest BCUT2D eigenvalue weighted by molar-refractivity contribution is 5.76.